The summed E-state index contributed by atoms with van der Waals surface area (Å²) in [4.78, 5) is 263. The molecule has 1 heterocycles. The second-order valence-electron chi connectivity index (χ2n) is 33.1. The summed E-state index contributed by atoms with van der Waals surface area (Å²) in [5.41, 5.74) is 52.6. The number of nitrogens with zero attached hydrogens (tertiary/aromatic N) is 1. The predicted molar refractivity (Wildman–Crippen MR) is 485 cm³/mol. The monoisotopic (exact) mass is 1930 g/mol. The number of carboxylic acid groups (broad SMARTS) is 2. The Balaban J connectivity index is 1.94. The lowest BCUT2D eigenvalue weighted by atomic mass is 9.96. The maximum atomic E-state index is 14.6. The lowest BCUT2D eigenvalue weighted by Crippen LogP contribution is -2.63. The van der Waals surface area contributed by atoms with Crippen molar-refractivity contribution >= 4 is 118 Å². The van der Waals surface area contributed by atoms with Crippen LogP contribution in [0, 0.1) is 17.2 Å². The molecule has 0 bridgehead atoms. The molecule has 3 rings (SSSR count). The van der Waals surface area contributed by atoms with E-state index in [0.717, 1.165) is 18.7 Å². The SMILES string of the molecule is CC[C@H](C)[C@H](NC(=O)[C@@H]1C[C@@H](O)CN1C(=O)[C@@H](N)C(C)C)C(=O)N[C@@H](CCN)C(=O)N[C@@H](Cc1ccc(O)cc1)C(=O)N[C@H](C(=O)N[C@@H](CC(N)=O)C(=O)N[C@@H](CCCNC(=N)N)C(=O)N[C@@H](CCN)C(=O)N[C@H](C(=O)N[C@H](CCN)C(=O)N[C@@H](CCCNC(N)=O)C(=O)N[C@@H](CCN)C(=O)N[C@@H](CCN)C(=O)N[C@@H](CCC(=O)O)C(=O)N[C@@H](Cc1ccc(O)cc1)C(=O)O)[C@@H](C)O)[C@@H](C)O. The van der Waals surface area contributed by atoms with Gasteiger partial charge in [-0.05, 0) is 158 Å². The van der Waals surface area contributed by atoms with Crippen LogP contribution < -0.4 is 137 Å². The van der Waals surface area contributed by atoms with Gasteiger partial charge in [0, 0.05) is 45.3 Å². The molecule has 53 heteroatoms. The van der Waals surface area contributed by atoms with Gasteiger partial charge in [0.25, 0.3) is 0 Å². The van der Waals surface area contributed by atoms with Crippen molar-refractivity contribution < 1.29 is 127 Å². The van der Waals surface area contributed by atoms with E-state index in [4.69, 9.17) is 57.0 Å². The zero-order valence-electron chi connectivity index (χ0n) is 76.7. The third-order valence-corrected chi connectivity index (χ3v) is 21.8. The number of β-amino-alcohol motifs (C(OH)–C–C–N with tert-alkyl or cyclic N) is 1. The number of benzene rings is 2. The number of nitrogens with two attached hydrogens (primary N) is 9. The Labute approximate surface area is 783 Å². The molecule has 1 saturated heterocycles. The maximum Gasteiger partial charge on any atom is 0.326 e. The number of guanidine groups is 1. The van der Waals surface area contributed by atoms with Crippen LogP contribution in [0.1, 0.15) is 143 Å². The van der Waals surface area contributed by atoms with Crippen molar-refractivity contribution in [3.63, 3.8) is 0 Å². The van der Waals surface area contributed by atoms with Crippen LogP contribution in [0.4, 0.5) is 4.79 Å². The van der Waals surface area contributed by atoms with E-state index < -0.39 is 291 Å². The van der Waals surface area contributed by atoms with Crippen LogP contribution in [0.3, 0.4) is 0 Å². The van der Waals surface area contributed by atoms with Gasteiger partial charge in [0.05, 0.1) is 30.8 Å². The van der Waals surface area contributed by atoms with Gasteiger partial charge in [0.2, 0.25) is 94.5 Å². The van der Waals surface area contributed by atoms with Crippen molar-refractivity contribution in [2.45, 2.75) is 259 Å². The molecule has 136 heavy (non-hydrogen) atoms. The minimum Gasteiger partial charge on any atom is -0.508 e. The highest BCUT2D eigenvalue weighted by atomic mass is 16.4. The number of aliphatic carboxylic acids is 2. The van der Waals surface area contributed by atoms with Gasteiger partial charge in [0.1, 0.15) is 102 Å². The number of hydrogen-bond donors (Lipinski definition) is 33. The Bertz CT molecular complexity index is 4380. The summed E-state index contributed by atoms with van der Waals surface area (Å²) in [6, 6.07) is -17.2. The highest BCUT2D eigenvalue weighted by Gasteiger charge is 2.45. The first-order valence-corrected chi connectivity index (χ1v) is 44.3. The molecule has 0 saturated carbocycles. The molecular formula is C83H137N27O26. The van der Waals surface area contributed by atoms with Gasteiger partial charge in [-0.1, -0.05) is 58.4 Å². The van der Waals surface area contributed by atoms with Crippen LogP contribution in [0.25, 0.3) is 0 Å². The van der Waals surface area contributed by atoms with Gasteiger partial charge in [-0.3, -0.25) is 86.9 Å². The standard InChI is InChI=1S/C83H137N27O26/c1-7-40(4)63(107-76(129)59-36-47(115)38-110(59)80(133)62(90)39(2)3)77(130)102-54(25-30-87)72(125)104-56(34-43-12-16-45(113)17-13-43)75(128)109-65(42(6)112)79(132)105-57(37-60(89)116)74(127)97-49(10-8-32-94-82(91)92)67(120)101-55(26-31-88)73(126)108-64(41(5)111)78(131)103-53(24-29-86)71(124)96-48(11-9-33-95-83(93)136)66(119)99-52(23-28-85)70(123)100-51(22-27-84)69(122)98-50(20-21-61(117)118)68(121)106-58(81(134)135)35-44-14-18-46(114)19-15-44/h12-19,39-42,47-59,62-65,111-115H,7-11,20-38,84-88,90H2,1-6H3,(H2,89,116)(H,96,124)(H,97,127)(H,98,122)(H,99,119)(H,100,123)(H,101,120)(H,102,130)(H,103,131)(H,104,125)(H,105,132)(H,106,121)(H,107,129)(H,108,126)(H,109,128)(H,117,118)(H,134,135)(H4,91,92,94)(H3,93,95,136)/t40-,41+,42+,47+,48-,49-,50-,51-,52-,53+,54-,55-,56-,57-,58-,59-,62-,63-,64-,65-/m0/s1. The number of phenols is 2. The molecule has 20 atom stereocenters. The summed E-state index contributed by atoms with van der Waals surface area (Å²) in [6.45, 7) is 6.56. The van der Waals surface area contributed by atoms with Gasteiger partial charge in [-0.15, -0.1) is 0 Å². The van der Waals surface area contributed by atoms with E-state index in [1.165, 1.54) is 48.5 Å². The second-order valence-corrected chi connectivity index (χ2v) is 33.1. The number of rotatable bonds is 62. The Morgan fingerprint density at radius 3 is 1.07 bits per heavy atom. The van der Waals surface area contributed by atoms with Crippen LogP contribution >= 0.6 is 0 Å². The fourth-order valence-corrected chi connectivity index (χ4v) is 13.9. The van der Waals surface area contributed by atoms with Crippen molar-refractivity contribution in [3.05, 3.63) is 59.7 Å². The molecule has 2 aromatic rings. The van der Waals surface area contributed by atoms with E-state index in [1.807, 2.05) is 0 Å². The number of nitrogens with one attached hydrogen (secondary N) is 17. The number of phenolic OH excluding ortho intramolecular Hbond substituents is 2. The molecule has 0 spiro atoms. The fourth-order valence-electron chi connectivity index (χ4n) is 13.9. The fraction of sp³-hybridized carbons (Fsp3) is 0.614. The number of carboxylic acids is 2. The van der Waals surface area contributed by atoms with Crippen LogP contribution in [0.2, 0.25) is 0 Å². The van der Waals surface area contributed by atoms with Crippen molar-refractivity contribution in [2.75, 3.05) is 52.4 Å². The molecule has 1 aliphatic rings. The number of hydrogen-bond acceptors (Lipinski definition) is 31. The highest BCUT2D eigenvalue weighted by Crippen LogP contribution is 2.23. The molecule has 18 amide bonds. The Morgan fingerprint density at radius 2 is 0.735 bits per heavy atom. The normalized spacial score (nSPS) is 16.8. The smallest absolute Gasteiger partial charge is 0.326 e. The quantitative estimate of drug-likeness (QED) is 0.0166. The number of aromatic hydroxyl groups is 2. The number of urea groups is 1. The van der Waals surface area contributed by atoms with Crippen LogP contribution in [-0.4, -0.2) is 326 Å². The zero-order valence-corrected chi connectivity index (χ0v) is 76.7. The minimum atomic E-state index is -2.09. The average Bonchev–Trinajstić information content (AvgIpc) is 1.68. The molecule has 53 nitrogen and oxygen atoms in total. The first kappa shape index (κ1) is 117. The number of primary amides is 2. The Morgan fingerprint density at radius 1 is 0.419 bits per heavy atom. The molecule has 0 radical (unpaired) electrons. The lowest BCUT2D eigenvalue weighted by Gasteiger charge is -2.31. The van der Waals surface area contributed by atoms with Crippen molar-refractivity contribution in [3.8, 4) is 11.5 Å². The second kappa shape index (κ2) is 59.4. The molecule has 1 fully saturated rings. The maximum absolute atomic E-state index is 14.6. The van der Waals surface area contributed by atoms with Crippen LogP contribution in [0.5, 0.6) is 11.5 Å². The molecule has 760 valence electrons. The van der Waals surface area contributed by atoms with Gasteiger partial charge >= 0.3 is 18.0 Å². The van der Waals surface area contributed by atoms with E-state index in [9.17, 15) is 127 Å². The number of aliphatic hydroxyl groups is 3. The number of likely N-dealkylation sites (tertiary alicyclic amines) is 1. The van der Waals surface area contributed by atoms with Crippen LogP contribution in [0.15, 0.2) is 48.5 Å². The van der Waals surface area contributed by atoms with E-state index >= 15 is 0 Å². The highest BCUT2D eigenvalue weighted by molar-refractivity contribution is 6.02. The first-order valence-electron chi connectivity index (χ1n) is 44.3. The summed E-state index contributed by atoms with van der Waals surface area (Å²) in [7, 11) is 0. The summed E-state index contributed by atoms with van der Waals surface area (Å²) >= 11 is 0. The largest absolute Gasteiger partial charge is 0.508 e. The molecular weight excluding hydrogens is 1790 g/mol. The molecule has 2 aromatic carbocycles. The summed E-state index contributed by atoms with van der Waals surface area (Å²) in [5.74, 6) is -22.7. The number of amides is 18. The summed E-state index contributed by atoms with van der Waals surface area (Å²) in [5, 5.41) is 118. The molecule has 42 N–H and O–H groups in total. The van der Waals surface area contributed by atoms with Crippen molar-refractivity contribution in [2.24, 2.45) is 63.4 Å². The topological polar surface area (TPSA) is 920 Å². The van der Waals surface area contributed by atoms with Gasteiger partial charge < -0.3 is 177 Å². The van der Waals surface area contributed by atoms with E-state index in [2.05, 4.69) is 85.1 Å². The van der Waals surface area contributed by atoms with Crippen molar-refractivity contribution in [1.29, 1.82) is 5.41 Å². The predicted octanol–water partition coefficient (Wildman–Crippen LogP) is -12.3. The van der Waals surface area contributed by atoms with E-state index in [0.29, 0.717) is 5.56 Å². The minimum absolute atomic E-state index is 0.123. The van der Waals surface area contributed by atoms with Crippen LogP contribution in [-0.2, 0) is 99.1 Å². The van der Waals surface area contributed by atoms with Gasteiger partial charge in [-0.2, -0.15) is 0 Å². The third-order valence-electron chi connectivity index (χ3n) is 21.8. The third kappa shape index (κ3) is 40.5. The summed E-state index contributed by atoms with van der Waals surface area (Å²) < 4.78 is 0. The van der Waals surface area contributed by atoms with Gasteiger partial charge in [-0.25, -0.2) is 9.59 Å². The Hall–Kier alpha value is -13.3. The van der Waals surface area contributed by atoms with Gasteiger partial charge in [0.15, 0.2) is 5.96 Å². The Kier molecular flexibility index (Phi) is 51.1. The molecule has 0 aliphatic carbocycles. The number of carbonyl (C=O) groups excluding carboxylic acids is 17. The number of aliphatic hydroxyl groups excluding tert-OH is 3. The number of carbonyl (C=O) groups is 19. The molecule has 0 unspecified atom stereocenters. The van der Waals surface area contributed by atoms with E-state index in [-0.39, 0.29) is 127 Å². The summed E-state index contributed by atoms with van der Waals surface area (Å²) in [6.07, 6.45) is -10.8. The van der Waals surface area contributed by atoms with E-state index in [1.54, 1.807) is 27.7 Å². The first-order chi connectivity index (χ1) is 64.0. The molecule has 1 aliphatic heterocycles. The molecule has 0 aromatic heterocycles. The average molecular weight is 1930 g/mol. The van der Waals surface area contributed by atoms with Crippen molar-refractivity contribution in [1.82, 2.24) is 90.0 Å². The zero-order chi connectivity index (χ0) is 102. The lowest BCUT2D eigenvalue weighted by molar-refractivity contribution is -0.143.